The Kier molecular flexibility index (Phi) is 5.69. The third-order valence-corrected chi connectivity index (χ3v) is 2.80. The van der Waals surface area contributed by atoms with E-state index in [1.807, 2.05) is 5.32 Å². The molecule has 0 saturated carbocycles. The van der Waals surface area contributed by atoms with Crippen LogP contribution in [0.1, 0.15) is 36.5 Å². The van der Waals surface area contributed by atoms with Gasteiger partial charge in [0.25, 0.3) is 5.91 Å². The Bertz CT molecular complexity index is 563. The van der Waals surface area contributed by atoms with Gasteiger partial charge in [0.15, 0.2) is 23.3 Å². The van der Waals surface area contributed by atoms with Gasteiger partial charge in [0.2, 0.25) is 0 Å². The first-order valence-corrected chi connectivity index (χ1v) is 6.16. The summed E-state index contributed by atoms with van der Waals surface area (Å²) < 4.78 is 52.2. The molecule has 8 heteroatoms. The molecule has 4 nitrogen and oxygen atoms in total. The van der Waals surface area contributed by atoms with E-state index >= 15 is 0 Å². The van der Waals surface area contributed by atoms with E-state index in [1.54, 1.807) is 6.92 Å². The number of nitrogens with one attached hydrogen (secondary N) is 1. The minimum absolute atomic E-state index is 0.0748. The van der Waals surface area contributed by atoms with Gasteiger partial charge in [0.05, 0.1) is 5.56 Å². The summed E-state index contributed by atoms with van der Waals surface area (Å²) in [5.74, 6) is -10.5. The fourth-order valence-electron chi connectivity index (χ4n) is 1.64. The molecule has 21 heavy (non-hydrogen) atoms. The van der Waals surface area contributed by atoms with Crippen molar-refractivity contribution in [3.8, 4) is 0 Å². The van der Waals surface area contributed by atoms with Crippen LogP contribution < -0.4 is 5.32 Å². The molecule has 0 aliphatic carbocycles. The maximum atomic E-state index is 13.4. The molecule has 1 aromatic carbocycles. The van der Waals surface area contributed by atoms with Crippen molar-refractivity contribution in [2.24, 2.45) is 0 Å². The zero-order valence-electron chi connectivity index (χ0n) is 11.1. The van der Waals surface area contributed by atoms with E-state index in [0.717, 1.165) is 0 Å². The monoisotopic (exact) mass is 307 g/mol. The fourth-order valence-corrected chi connectivity index (χ4v) is 1.64. The van der Waals surface area contributed by atoms with Crippen molar-refractivity contribution in [3.05, 3.63) is 34.9 Å². The summed E-state index contributed by atoms with van der Waals surface area (Å²) in [5, 5.41) is 10.8. The molecule has 1 amide bonds. The van der Waals surface area contributed by atoms with Crippen molar-refractivity contribution in [1.29, 1.82) is 0 Å². The average Bonchev–Trinajstić information content (AvgIpc) is 2.44. The summed E-state index contributed by atoms with van der Waals surface area (Å²) >= 11 is 0. The first-order valence-electron chi connectivity index (χ1n) is 6.16. The van der Waals surface area contributed by atoms with Gasteiger partial charge in [-0.15, -0.1) is 0 Å². The quantitative estimate of drug-likeness (QED) is 0.482. The van der Waals surface area contributed by atoms with E-state index in [-0.39, 0.29) is 12.5 Å². The van der Waals surface area contributed by atoms with Gasteiger partial charge < -0.3 is 10.4 Å². The third-order valence-electron chi connectivity index (χ3n) is 2.80. The zero-order valence-corrected chi connectivity index (χ0v) is 11.1. The molecule has 0 saturated heterocycles. The highest BCUT2D eigenvalue weighted by molar-refractivity contribution is 5.96. The Hall–Kier alpha value is -2.12. The molecule has 1 rings (SSSR count). The minimum atomic E-state index is -2.12. The molecule has 116 valence electrons. The van der Waals surface area contributed by atoms with Crippen LogP contribution in [0, 0.1) is 23.3 Å². The zero-order chi connectivity index (χ0) is 16.2. The molecule has 0 aliphatic heterocycles. The van der Waals surface area contributed by atoms with Crippen LogP contribution in [-0.4, -0.2) is 23.0 Å². The number of carboxylic acid groups (broad SMARTS) is 1. The van der Waals surface area contributed by atoms with Crippen LogP contribution in [-0.2, 0) is 4.79 Å². The van der Waals surface area contributed by atoms with E-state index in [4.69, 9.17) is 5.11 Å². The number of carboxylic acids is 1. The molecule has 0 aromatic heterocycles. The van der Waals surface area contributed by atoms with Gasteiger partial charge in [-0.1, -0.05) is 19.8 Å². The minimum Gasteiger partial charge on any atom is -0.480 e. The molecule has 1 aromatic rings. The van der Waals surface area contributed by atoms with E-state index in [1.165, 1.54) is 0 Å². The second-order valence-corrected chi connectivity index (χ2v) is 4.35. The number of halogens is 4. The summed E-state index contributed by atoms with van der Waals surface area (Å²) in [6.07, 6.45) is 1.21. The lowest BCUT2D eigenvalue weighted by molar-refractivity contribution is -0.139. The number of rotatable bonds is 6. The van der Waals surface area contributed by atoms with Crippen LogP contribution >= 0.6 is 0 Å². The smallest absolute Gasteiger partial charge is 0.326 e. The van der Waals surface area contributed by atoms with E-state index in [9.17, 15) is 27.2 Å². The maximum absolute atomic E-state index is 13.4. The van der Waals surface area contributed by atoms with Gasteiger partial charge in [-0.3, -0.25) is 4.79 Å². The molecular formula is C13H13F4NO3. The summed E-state index contributed by atoms with van der Waals surface area (Å²) in [6, 6.07) is -1.14. The molecule has 1 atom stereocenters. The molecule has 0 radical (unpaired) electrons. The Balaban J connectivity index is 3.00. The number of hydrogen-bond donors (Lipinski definition) is 2. The number of carbonyl (C=O) groups is 2. The molecular weight excluding hydrogens is 294 g/mol. The van der Waals surface area contributed by atoms with Crippen molar-refractivity contribution in [2.75, 3.05) is 0 Å². The molecule has 0 aliphatic rings. The maximum Gasteiger partial charge on any atom is 0.326 e. The highest BCUT2D eigenvalue weighted by Gasteiger charge is 2.26. The average molecular weight is 307 g/mol. The number of hydrogen-bond acceptors (Lipinski definition) is 2. The summed E-state index contributed by atoms with van der Waals surface area (Å²) in [5.41, 5.74) is -1.09. The van der Waals surface area contributed by atoms with Gasteiger partial charge in [0.1, 0.15) is 6.04 Å². The Morgan fingerprint density at radius 2 is 1.81 bits per heavy atom. The number of carbonyl (C=O) groups excluding carboxylic acids is 1. The normalized spacial score (nSPS) is 12.0. The van der Waals surface area contributed by atoms with Crippen molar-refractivity contribution in [3.63, 3.8) is 0 Å². The van der Waals surface area contributed by atoms with Crippen molar-refractivity contribution >= 4 is 11.9 Å². The predicted octanol–water partition coefficient (Wildman–Crippen LogP) is 2.62. The first kappa shape index (κ1) is 16.9. The Morgan fingerprint density at radius 3 is 2.33 bits per heavy atom. The summed E-state index contributed by atoms with van der Waals surface area (Å²) in [6.45, 7) is 1.80. The van der Waals surface area contributed by atoms with Gasteiger partial charge >= 0.3 is 5.97 Å². The number of amides is 1. The van der Waals surface area contributed by atoms with Crippen LogP contribution in [0.5, 0.6) is 0 Å². The van der Waals surface area contributed by atoms with E-state index in [0.29, 0.717) is 12.8 Å². The van der Waals surface area contributed by atoms with Crippen LogP contribution in [0.2, 0.25) is 0 Å². The van der Waals surface area contributed by atoms with Gasteiger partial charge in [-0.2, -0.15) is 0 Å². The standard InChI is InChI=1S/C13H13F4NO3/c1-2-3-4-8(13(20)21)18-12(19)6-5-7(14)10(16)11(17)9(6)15/h5,8H,2-4H2,1H3,(H,18,19)(H,20,21)/t8-/m0/s1. The van der Waals surface area contributed by atoms with Crippen LogP contribution in [0.15, 0.2) is 6.07 Å². The van der Waals surface area contributed by atoms with E-state index in [2.05, 4.69) is 0 Å². The largest absolute Gasteiger partial charge is 0.480 e. The lowest BCUT2D eigenvalue weighted by atomic mass is 10.1. The van der Waals surface area contributed by atoms with Crippen molar-refractivity contribution in [1.82, 2.24) is 5.32 Å². The van der Waals surface area contributed by atoms with E-state index < -0.39 is 46.8 Å². The van der Waals surface area contributed by atoms with Gasteiger partial charge in [0, 0.05) is 0 Å². The summed E-state index contributed by atoms with van der Waals surface area (Å²) in [4.78, 5) is 22.6. The van der Waals surface area contributed by atoms with Crippen LogP contribution in [0.4, 0.5) is 17.6 Å². The fraction of sp³-hybridized carbons (Fsp3) is 0.385. The predicted molar refractivity (Wildman–Crippen MR) is 64.7 cm³/mol. The topological polar surface area (TPSA) is 66.4 Å². The molecule has 0 bridgehead atoms. The molecule has 0 heterocycles. The molecule has 2 N–H and O–H groups in total. The highest BCUT2D eigenvalue weighted by Crippen LogP contribution is 2.19. The highest BCUT2D eigenvalue weighted by atomic mass is 19.2. The van der Waals surface area contributed by atoms with Gasteiger partial charge in [-0.05, 0) is 12.5 Å². The lowest BCUT2D eigenvalue weighted by Crippen LogP contribution is -2.41. The van der Waals surface area contributed by atoms with Crippen LogP contribution in [0.3, 0.4) is 0 Å². The van der Waals surface area contributed by atoms with Crippen LogP contribution in [0.25, 0.3) is 0 Å². The second kappa shape index (κ2) is 7.05. The Labute approximate surface area is 117 Å². The number of benzene rings is 1. The van der Waals surface area contributed by atoms with Crippen molar-refractivity contribution < 1.29 is 32.3 Å². The SMILES string of the molecule is CCCC[C@H](NC(=O)c1cc(F)c(F)c(F)c1F)C(=O)O. The first-order chi connectivity index (χ1) is 9.79. The van der Waals surface area contributed by atoms with Crippen molar-refractivity contribution in [2.45, 2.75) is 32.2 Å². The lowest BCUT2D eigenvalue weighted by Gasteiger charge is -2.14. The van der Waals surface area contributed by atoms with Gasteiger partial charge in [-0.25, -0.2) is 22.4 Å². The number of aliphatic carboxylic acids is 1. The number of unbranched alkanes of at least 4 members (excludes halogenated alkanes) is 1. The second-order valence-electron chi connectivity index (χ2n) is 4.35. The third kappa shape index (κ3) is 3.93. The summed E-state index contributed by atoms with van der Waals surface area (Å²) in [7, 11) is 0. The molecule has 0 spiro atoms. The Morgan fingerprint density at radius 1 is 1.19 bits per heavy atom. The molecule has 0 unspecified atom stereocenters. The molecule has 0 fully saturated rings.